The molecule has 10 heteroatoms. The number of nitrogens with zero attached hydrogens (tertiary/aromatic N) is 1. The van der Waals surface area contributed by atoms with Gasteiger partial charge >= 0.3 is 12.3 Å². The van der Waals surface area contributed by atoms with E-state index in [1.54, 1.807) is 26.8 Å². The lowest BCUT2D eigenvalue weighted by atomic mass is 10.1. The van der Waals surface area contributed by atoms with Crippen molar-refractivity contribution in [1.29, 1.82) is 0 Å². The summed E-state index contributed by atoms with van der Waals surface area (Å²) in [7, 11) is 0. The Morgan fingerprint density at radius 2 is 1.75 bits per heavy atom. The number of ether oxygens (including phenoxy) is 1. The molecule has 0 bridgehead atoms. The number of halogens is 4. The fourth-order valence-corrected chi connectivity index (χ4v) is 2.02. The van der Waals surface area contributed by atoms with Crippen LogP contribution in [-0.4, -0.2) is 37.3 Å². The molecule has 1 rings (SSSR count). The molecule has 0 unspecified atom stereocenters. The highest BCUT2D eigenvalue weighted by atomic mass is 127. The van der Waals surface area contributed by atoms with Gasteiger partial charge < -0.3 is 20.7 Å². The van der Waals surface area contributed by atoms with E-state index in [0.717, 1.165) is 12.1 Å². The SMILES string of the molecule is CCNC(=NCc1cccc(C(F)(F)F)c1)NCCNC(=O)OC(C)(C)C.I. The van der Waals surface area contributed by atoms with Crippen LogP contribution < -0.4 is 16.0 Å². The number of amides is 1. The van der Waals surface area contributed by atoms with Crippen molar-refractivity contribution in [3.05, 3.63) is 35.4 Å². The van der Waals surface area contributed by atoms with Gasteiger partial charge in [0.05, 0.1) is 12.1 Å². The maximum absolute atomic E-state index is 12.8. The summed E-state index contributed by atoms with van der Waals surface area (Å²) in [5.41, 5.74) is -0.817. The Morgan fingerprint density at radius 3 is 2.32 bits per heavy atom. The van der Waals surface area contributed by atoms with Gasteiger partial charge in [-0.3, -0.25) is 0 Å². The first kappa shape index (κ1) is 26.3. The summed E-state index contributed by atoms with van der Waals surface area (Å²) in [6, 6.07) is 5.06. The number of hydrogen-bond donors (Lipinski definition) is 3. The van der Waals surface area contributed by atoms with Crippen LogP contribution >= 0.6 is 24.0 Å². The van der Waals surface area contributed by atoms with Crippen LogP contribution in [0.2, 0.25) is 0 Å². The predicted molar refractivity (Wildman–Crippen MR) is 114 cm³/mol. The number of hydrogen-bond acceptors (Lipinski definition) is 3. The molecule has 28 heavy (non-hydrogen) atoms. The highest BCUT2D eigenvalue weighted by Crippen LogP contribution is 2.29. The summed E-state index contributed by atoms with van der Waals surface area (Å²) in [6.45, 7) is 8.57. The van der Waals surface area contributed by atoms with Gasteiger partial charge in [-0.25, -0.2) is 9.79 Å². The minimum absolute atomic E-state index is 0. The van der Waals surface area contributed by atoms with Crippen LogP contribution in [0.4, 0.5) is 18.0 Å². The second kappa shape index (κ2) is 12.0. The van der Waals surface area contributed by atoms with Gasteiger partial charge in [0.1, 0.15) is 5.60 Å². The molecule has 0 saturated heterocycles. The maximum atomic E-state index is 12.8. The molecule has 0 radical (unpaired) electrons. The summed E-state index contributed by atoms with van der Waals surface area (Å²) < 4.78 is 43.4. The Bertz CT molecular complexity index is 646. The monoisotopic (exact) mass is 516 g/mol. The molecule has 0 atom stereocenters. The van der Waals surface area contributed by atoms with Crippen molar-refractivity contribution >= 4 is 36.0 Å². The van der Waals surface area contributed by atoms with Gasteiger partial charge in [0.2, 0.25) is 0 Å². The Morgan fingerprint density at radius 1 is 1.11 bits per heavy atom. The van der Waals surface area contributed by atoms with E-state index in [-0.39, 0.29) is 30.5 Å². The molecule has 0 spiro atoms. The first-order chi connectivity index (χ1) is 12.5. The Labute approximate surface area is 180 Å². The van der Waals surface area contributed by atoms with Gasteiger partial charge in [-0.05, 0) is 45.4 Å². The van der Waals surface area contributed by atoms with Crippen molar-refractivity contribution in [2.45, 2.75) is 46.0 Å². The zero-order valence-electron chi connectivity index (χ0n) is 16.4. The van der Waals surface area contributed by atoms with Crippen molar-refractivity contribution in [2.24, 2.45) is 4.99 Å². The van der Waals surface area contributed by atoms with Crippen molar-refractivity contribution in [3.63, 3.8) is 0 Å². The van der Waals surface area contributed by atoms with Crippen molar-refractivity contribution in [3.8, 4) is 0 Å². The average molecular weight is 516 g/mol. The molecule has 1 amide bonds. The fraction of sp³-hybridized carbons (Fsp3) is 0.556. The maximum Gasteiger partial charge on any atom is 0.416 e. The van der Waals surface area contributed by atoms with E-state index >= 15 is 0 Å². The lowest BCUT2D eigenvalue weighted by Gasteiger charge is -2.19. The van der Waals surface area contributed by atoms with E-state index in [2.05, 4.69) is 20.9 Å². The van der Waals surface area contributed by atoms with Gasteiger partial charge in [-0.1, -0.05) is 12.1 Å². The largest absolute Gasteiger partial charge is 0.444 e. The topological polar surface area (TPSA) is 74.8 Å². The van der Waals surface area contributed by atoms with Crippen LogP contribution in [0.15, 0.2) is 29.3 Å². The van der Waals surface area contributed by atoms with Gasteiger partial charge in [0.25, 0.3) is 0 Å². The molecule has 6 nitrogen and oxygen atoms in total. The molecule has 1 aromatic rings. The second-order valence-electron chi connectivity index (χ2n) is 6.75. The van der Waals surface area contributed by atoms with Crippen molar-refractivity contribution in [1.82, 2.24) is 16.0 Å². The number of aliphatic imine (C=N–C) groups is 1. The number of guanidine groups is 1. The van der Waals surface area contributed by atoms with Crippen LogP contribution in [0.1, 0.15) is 38.8 Å². The number of carbonyl (C=O) groups excluding carboxylic acids is 1. The smallest absolute Gasteiger partial charge is 0.416 e. The van der Waals surface area contributed by atoms with Crippen LogP contribution in [0, 0.1) is 0 Å². The van der Waals surface area contributed by atoms with Crippen LogP contribution in [0.25, 0.3) is 0 Å². The molecule has 0 aliphatic rings. The molecule has 0 aliphatic heterocycles. The lowest BCUT2D eigenvalue weighted by molar-refractivity contribution is -0.137. The first-order valence-corrected chi connectivity index (χ1v) is 8.66. The quantitative estimate of drug-likeness (QED) is 0.232. The van der Waals surface area contributed by atoms with Crippen molar-refractivity contribution in [2.75, 3.05) is 19.6 Å². The van der Waals surface area contributed by atoms with Crippen molar-refractivity contribution < 1.29 is 22.7 Å². The molecular weight excluding hydrogens is 488 g/mol. The number of rotatable bonds is 6. The fourth-order valence-electron chi connectivity index (χ4n) is 2.02. The molecule has 0 heterocycles. The minimum Gasteiger partial charge on any atom is -0.444 e. The van der Waals surface area contributed by atoms with E-state index in [0.29, 0.717) is 31.2 Å². The van der Waals surface area contributed by atoms with E-state index in [1.807, 2.05) is 6.92 Å². The summed E-state index contributed by atoms with van der Waals surface area (Å²) in [4.78, 5) is 15.8. The highest BCUT2D eigenvalue weighted by Gasteiger charge is 2.30. The predicted octanol–water partition coefficient (Wildman–Crippen LogP) is 3.90. The second-order valence-corrected chi connectivity index (χ2v) is 6.75. The highest BCUT2D eigenvalue weighted by molar-refractivity contribution is 14.0. The Kier molecular flexibility index (Phi) is 11.2. The molecular formula is C18H28F3IN4O2. The third-order valence-electron chi connectivity index (χ3n) is 3.10. The molecule has 1 aromatic carbocycles. The van der Waals surface area contributed by atoms with E-state index in [4.69, 9.17) is 4.74 Å². The van der Waals surface area contributed by atoms with Crippen LogP contribution in [0.3, 0.4) is 0 Å². The van der Waals surface area contributed by atoms with Gasteiger partial charge in [-0.2, -0.15) is 13.2 Å². The molecule has 160 valence electrons. The third-order valence-corrected chi connectivity index (χ3v) is 3.10. The number of benzene rings is 1. The minimum atomic E-state index is -4.38. The summed E-state index contributed by atoms with van der Waals surface area (Å²) in [5.74, 6) is 0.445. The Hall–Kier alpha value is -1.72. The van der Waals surface area contributed by atoms with Gasteiger partial charge in [0.15, 0.2) is 5.96 Å². The third kappa shape index (κ3) is 11.2. The Balaban J connectivity index is 0.00000729. The molecule has 0 fully saturated rings. The molecule has 0 saturated carbocycles. The van der Waals surface area contributed by atoms with Crippen LogP contribution in [0.5, 0.6) is 0 Å². The van der Waals surface area contributed by atoms with E-state index < -0.39 is 23.4 Å². The summed E-state index contributed by atoms with van der Waals surface area (Å²) in [5, 5.41) is 8.60. The van der Waals surface area contributed by atoms with E-state index in [9.17, 15) is 18.0 Å². The molecule has 3 N–H and O–H groups in total. The van der Waals surface area contributed by atoms with E-state index in [1.165, 1.54) is 6.07 Å². The summed E-state index contributed by atoms with van der Waals surface area (Å²) >= 11 is 0. The lowest BCUT2D eigenvalue weighted by Crippen LogP contribution is -2.42. The molecule has 0 aromatic heterocycles. The zero-order valence-corrected chi connectivity index (χ0v) is 18.8. The molecule has 0 aliphatic carbocycles. The normalized spacial score (nSPS) is 12.0. The average Bonchev–Trinajstić information content (AvgIpc) is 2.54. The number of alkyl halides is 3. The number of alkyl carbamates (subject to hydrolysis) is 1. The summed E-state index contributed by atoms with van der Waals surface area (Å²) in [6.07, 6.45) is -4.90. The number of nitrogens with one attached hydrogen (secondary N) is 3. The first-order valence-electron chi connectivity index (χ1n) is 8.66. The van der Waals surface area contributed by atoms with Gasteiger partial charge in [-0.15, -0.1) is 24.0 Å². The number of carbonyl (C=O) groups is 1. The zero-order chi connectivity index (χ0) is 20.5. The standard InChI is InChI=1S/C18H27F3N4O2.HI/c1-5-22-15(23-9-10-24-16(26)27-17(2,3)4)25-12-13-7-6-8-14(11-13)18(19,20)21;/h6-8,11H,5,9-10,12H2,1-4H3,(H,24,26)(H2,22,23,25);1H. The van der Waals surface area contributed by atoms with Gasteiger partial charge in [0, 0.05) is 19.6 Å². The van der Waals surface area contributed by atoms with Crippen LogP contribution in [-0.2, 0) is 17.5 Å².